The standard InChI is InChI=1S/C16H23Cl2NO/c1-3-7-19(8-4-2)12-6-5-11-9-14(17)16(20)15(18)13(11)10-12/h9,12,20H,3-8,10H2,1-2H3. The fourth-order valence-electron chi connectivity index (χ4n) is 3.16. The van der Waals surface area contributed by atoms with Gasteiger partial charge in [-0.25, -0.2) is 0 Å². The number of benzene rings is 1. The smallest absolute Gasteiger partial charge is 0.153 e. The van der Waals surface area contributed by atoms with Crippen molar-refractivity contribution < 1.29 is 5.11 Å². The van der Waals surface area contributed by atoms with Crippen LogP contribution in [0.5, 0.6) is 5.75 Å². The molecular formula is C16H23Cl2NO. The van der Waals surface area contributed by atoms with Crippen LogP contribution in [-0.2, 0) is 12.8 Å². The number of nitrogens with zero attached hydrogens (tertiary/aromatic N) is 1. The third-order valence-electron chi connectivity index (χ3n) is 4.11. The summed E-state index contributed by atoms with van der Waals surface area (Å²) in [4.78, 5) is 2.56. The normalized spacial score (nSPS) is 18.4. The third kappa shape index (κ3) is 3.24. The maximum absolute atomic E-state index is 9.92. The number of rotatable bonds is 5. The van der Waals surface area contributed by atoms with Crippen molar-refractivity contribution in [3.8, 4) is 5.75 Å². The molecule has 112 valence electrons. The molecule has 1 aromatic rings. The lowest BCUT2D eigenvalue weighted by molar-refractivity contribution is 0.180. The summed E-state index contributed by atoms with van der Waals surface area (Å²) >= 11 is 12.3. The number of aryl methyl sites for hydroxylation is 1. The van der Waals surface area contributed by atoms with Crippen LogP contribution >= 0.6 is 23.2 Å². The van der Waals surface area contributed by atoms with Crippen LogP contribution in [0.25, 0.3) is 0 Å². The van der Waals surface area contributed by atoms with Crippen LogP contribution in [0, 0.1) is 0 Å². The van der Waals surface area contributed by atoms with Crippen molar-refractivity contribution in [1.29, 1.82) is 0 Å². The van der Waals surface area contributed by atoms with Gasteiger partial charge in [0.2, 0.25) is 0 Å². The van der Waals surface area contributed by atoms with Crippen molar-refractivity contribution in [1.82, 2.24) is 4.90 Å². The minimum absolute atomic E-state index is 0.0327. The molecule has 0 saturated carbocycles. The molecule has 2 nitrogen and oxygen atoms in total. The highest BCUT2D eigenvalue weighted by Gasteiger charge is 2.27. The van der Waals surface area contributed by atoms with Crippen molar-refractivity contribution in [2.75, 3.05) is 13.1 Å². The molecule has 20 heavy (non-hydrogen) atoms. The Bertz CT molecular complexity index is 470. The number of phenolic OH excluding ortho intramolecular Hbond substituents is 1. The predicted molar refractivity (Wildman–Crippen MR) is 86.1 cm³/mol. The molecule has 1 aromatic carbocycles. The van der Waals surface area contributed by atoms with Gasteiger partial charge in [-0.2, -0.15) is 0 Å². The summed E-state index contributed by atoms with van der Waals surface area (Å²) in [7, 11) is 0. The van der Waals surface area contributed by atoms with Crippen LogP contribution in [0.2, 0.25) is 10.0 Å². The Kier molecular flexibility index (Phi) is 5.59. The van der Waals surface area contributed by atoms with E-state index in [4.69, 9.17) is 23.2 Å². The van der Waals surface area contributed by atoms with Gasteiger partial charge in [-0.15, -0.1) is 0 Å². The van der Waals surface area contributed by atoms with Crippen LogP contribution in [0.3, 0.4) is 0 Å². The van der Waals surface area contributed by atoms with Gasteiger partial charge < -0.3 is 10.0 Å². The molecular weight excluding hydrogens is 293 g/mol. The SMILES string of the molecule is CCCN(CCC)C1CCc2cc(Cl)c(O)c(Cl)c2C1. The lowest BCUT2D eigenvalue weighted by Gasteiger charge is -2.35. The highest BCUT2D eigenvalue weighted by atomic mass is 35.5. The van der Waals surface area contributed by atoms with Crippen LogP contribution < -0.4 is 0 Å². The van der Waals surface area contributed by atoms with Crippen LogP contribution in [-0.4, -0.2) is 29.1 Å². The number of phenols is 1. The zero-order chi connectivity index (χ0) is 14.7. The number of hydrogen-bond donors (Lipinski definition) is 1. The zero-order valence-corrected chi connectivity index (χ0v) is 13.8. The van der Waals surface area contributed by atoms with E-state index in [1.54, 1.807) is 0 Å². The van der Waals surface area contributed by atoms with E-state index in [0.717, 1.165) is 37.9 Å². The molecule has 0 bridgehead atoms. The fourth-order valence-corrected chi connectivity index (χ4v) is 3.74. The zero-order valence-electron chi connectivity index (χ0n) is 12.3. The Morgan fingerprint density at radius 3 is 2.50 bits per heavy atom. The molecule has 0 aliphatic heterocycles. The lowest BCUT2D eigenvalue weighted by atomic mass is 9.87. The summed E-state index contributed by atoms with van der Waals surface area (Å²) in [6.45, 7) is 6.70. The van der Waals surface area contributed by atoms with E-state index < -0.39 is 0 Å². The molecule has 0 radical (unpaired) electrons. The molecule has 0 fully saturated rings. The largest absolute Gasteiger partial charge is 0.505 e. The summed E-state index contributed by atoms with van der Waals surface area (Å²) in [5.41, 5.74) is 2.28. The lowest BCUT2D eigenvalue weighted by Crippen LogP contribution is -2.40. The van der Waals surface area contributed by atoms with Gasteiger partial charge in [0.1, 0.15) is 0 Å². The van der Waals surface area contributed by atoms with Crippen molar-refractivity contribution >= 4 is 23.2 Å². The first-order chi connectivity index (χ1) is 9.58. The van der Waals surface area contributed by atoms with Gasteiger partial charge in [-0.1, -0.05) is 37.0 Å². The molecule has 1 aliphatic rings. The molecule has 0 spiro atoms. The van der Waals surface area contributed by atoms with Crippen molar-refractivity contribution in [2.24, 2.45) is 0 Å². The molecule has 0 saturated heterocycles. The first kappa shape index (κ1) is 15.9. The van der Waals surface area contributed by atoms with E-state index in [2.05, 4.69) is 18.7 Å². The van der Waals surface area contributed by atoms with Crippen LogP contribution in [0.4, 0.5) is 0 Å². The molecule has 2 rings (SSSR count). The number of halogens is 2. The van der Waals surface area contributed by atoms with E-state index in [0.29, 0.717) is 16.1 Å². The Morgan fingerprint density at radius 2 is 1.90 bits per heavy atom. The van der Waals surface area contributed by atoms with E-state index in [1.165, 1.54) is 18.4 Å². The molecule has 1 unspecified atom stereocenters. The predicted octanol–water partition coefficient (Wildman–Crippen LogP) is 4.68. The van der Waals surface area contributed by atoms with E-state index in [9.17, 15) is 5.11 Å². The maximum Gasteiger partial charge on any atom is 0.153 e. The van der Waals surface area contributed by atoms with Crippen LogP contribution in [0.15, 0.2) is 6.07 Å². The minimum atomic E-state index is 0.0327. The van der Waals surface area contributed by atoms with Crippen molar-refractivity contribution in [3.05, 3.63) is 27.2 Å². The first-order valence-electron chi connectivity index (χ1n) is 7.51. The van der Waals surface area contributed by atoms with Gasteiger partial charge >= 0.3 is 0 Å². The van der Waals surface area contributed by atoms with E-state index >= 15 is 0 Å². The van der Waals surface area contributed by atoms with Gasteiger partial charge in [-0.05, 0) is 62.4 Å². The summed E-state index contributed by atoms with van der Waals surface area (Å²) in [5.74, 6) is 0.0327. The van der Waals surface area contributed by atoms with Gasteiger partial charge in [0.15, 0.2) is 5.75 Å². The van der Waals surface area contributed by atoms with Gasteiger partial charge in [0.05, 0.1) is 10.0 Å². The Hall–Kier alpha value is -0.440. The average molecular weight is 316 g/mol. The summed E-state index contributed by atoms with van der Waals surface area (Å²) < 4.78 is 0. The Balaban J connectivity index is 2.23. The number of aromatic hydroxyl groups is 1. The number of hydrogen-bond acceptors (Lipinski definition) is 2. The summed E-state index contributed by atoms with van der Waals surface area (Å²) in [6, 6.07) is 2.40. The molecule has 0 aromatic heterocycles. The van der Waals surface area contributed by atoms with Crippen LogP contribution in [0.1, 0.15) is 44.2 Å². The third-order valence-corrected chi connectivity index (χ3v) is 4.81. The monoisotopic (exact) mass is 315 g/mol. The van der Waals surface area contributed by atoms with Crippen molar-refractivity contribution in [3.63, 3.8) is 0 Å². The Morgan fingerprint density at radius 1 is 1.25 bits per heavy atom. The fraction of sp³-hybridized carbons (Fsp3) is 0.625. The second-order valence-corrected chi connectivity index (χ2v) is 6.38. The van der Waals surface area contributed by atoms with Gasteiger partial charge in [0, 0.05) is 6.04 Å². The highest BCUT2D eigenvalue weighted by Crippen LogP contribution is 2.40. The van der Waals surface area contributed by atoms with E-state index in [-0.39, 0.29) is 5.75 Å². The van der Waals surface area contributed by atoms with E-state index in [1.807, 2.05) is 6.07 Å². The minimum Gasteiger partial charge on any atom is -0.505 e. The first-order valence-corrected chi connectivity index (χ1v) is 8.26. The highest BCUT2D eigenvalue weighted by molar-refractivity contribution is 6.37. The topological polar surface area (TPSA) is 23.5 Å². The Labute approximate surface area is 131 Å². The number of fused-ring (bicyclic) bond motifs is 1. The molecule has 1 atom stereocenters. The molecule has 1 N–H and O–H groups in total. The molecule has 4 heteroatoms. The second kappa shape index (κ2) is 7.02. The quantitative estimate of drug-likeness (QED) is 0.852. The van der Waals surface area contributed by atoms with Crippen molar-refractivity contribution in [2.45, 2.75) is 52.0 Å². The molecule has 0 amide bonds. The molecule has 0 heterocycles. The van der Waals surface area contributed by atoms with Gasteiger partial charge in [0.25, 0.3) is 0 Å². The summed E-state index contributed by atoms with van der Waals surface area (Å²) in [6.07, 6.45) is 5.39. The second-order valence-electron chi connectivity index (χ2n) is 5.59. The average Bonchev–Trinajstić information content (AvgIpc) is 2.44. The summed E-state index contributed by atoms with van der Waals surface area (Å²) in [5, 5.41) is 10.7. The van der Waals surface area contributed by atoms with Gasteiger partial charge in [-0.3, -0.25) is 0 Å². The molecule has 1 aliphatic carbocycles. The maximum atomic E-state index is 9.92.